The fourth-order valence-electron chi connectivity index (χ4n) is 13.5. The van der Waals surface area contributed by atoms with Crippen molar-refractivity contribution in [3.05, 3.63) is 242 Å². The van der Waals surface area contributed by atoms with Crippen LogP contribution in [0, 0.1) is 0 Å². The minimum Gasteiger partial charge on any atom is -0.367 e. The van der Waals surface area contributed by atoms with Gasteiger partial charge in [0.05, 0.1) is 106 Å². The van der Waals surface area contributed by atoms with Gasteiger partial charge in [0, 0.05) is 183 Å². The van der Waals surface area contributed by atoms with Crippen molar-refractivity contribution in [3.63, 3.8) is 0 Å². The molecule has 4 aliphatic rings. The normalized spacial score (nSPS) is 14.2. The molecular weight excluding hydrogens is 1630 g/mol. The van der Waals surface area contributed by atoms with Crippen LogP contribution in [-0.4, -0.2) is 227 Å². The van der Waals surface area contributed by atoms with Gasteiger partial charge in [-0.2, -0.15) is 0 Å². The zero-order chi connectivity index (χ0) is 84.4. The molecule has 4 saturated heterocycles. The summed E-state index contributed by atoms with van der Waals surface area (Å²) in [6.07, 6.45) is 21.9. The SMILES string of the molecule is CS(=O)(=O)c1ccc(-c2nccc(C(=O)Nc3cnccc3N3CCNCC3)n2)cc1.CS(=O)(=O)c1cccc(-c2nccc(C(=O)Nc3cnccc3N3CCNCC3)n2)c1.O=C(Nc1cnccc1N1CCNCC1)c1ccnc(-c2ccc3scnc3c2)n1.O=C(Nc1cnccc1N1CCNCC1)c1ccnc(-c2nc3ccccc3s2)n1. The number of hydrogen-bond acceptors (Lipinski definition) is 32. The number of carbonyl (C=O) groups excluding carboxylic acids is 4. The van der Waals surface area contributed by atoms with Crippen molar-refractivity contribution in [1.29, 1.82) is 0 Å². The Hall–Kier alpha value is -13.6. The number of pyridine rings is 4. The van der Waals surface area contributed by atoms with E-state index in [0.717, 1.165) is 166 Å². The molecule has 4 fully saturated rings. The van der Waals surface area contributed by atoms with Gasteiger partial charge in [0.2, 0.25) is 0 Å². The van der Waals surface area contributed by atoms with Gasteiger partial charge in [-0.05, 0) is 115 Å². The van der Waals surface area contributed by atoms with E-state index in [2.05, 4.69) is 132 Å². The molecule has 8 N–H and O–H groups in total. The minimum absolute atomic E-state index is 0.166. The molecule has 122 heavy (non-hydrogen) atoms. The molecule has 10 aromatic heterocycles. The first-order valence-corrected chi connectivity index (χ1v) is 44.3. The molecule has 0 atom stereocenters. The monoisotopic (exact) mass is 1710 g/mol. The third kappa shape index (κ3) is 21.2. The Morgan fingerprint density at radius 3 is 1.11 bits per heavy atom. The van der Waals surface area contributed by atoms with Crippen molar-refractivity contribution in [2.24, 2.45) is 0 Å². The largest absolute Gasteiger partial charge is 0.367 e. The summed E-state index contributed by atoms with van der Waals surface area (Å²) < 4.78 is 49.1. The number of carbonyl (C=O) groups is 4. The van der Waals surface area contributed by atoms with Crippen molar-refractivity contribution in [2.45, 2.75) is 9.79 Å². The van der Waals surface area contributed by atoms with Crippen LogP contribution in [-0.2, 0) is 19.7 Å². The van der Waals surface area contributed by atoms with E-state index in [4.69, 9.17) is 0 Å². The zero-order valence-corrected chi connectivity index (χ0v) is 69.3. The summed E-state index contributed by atoms with van der Waals surface area (Å²) in [6, 6.07) is 40.2. The number of nitrogens with one attached hydrogen (secondary N) is 8. The average Bonchev–Trinajstić information content (AvgIpc) is 1.48. The highest BCUT2D eigenvalue weighted by Crippen LogP contribution is 2.33. The molecule has 14 heterocycles. The van der Waals surface area contributed by atoms with E-state index in [1.165, 1.54) is 60.1 Å². The second-order valence-electron chi connectivity index (χ2n) is 28.0. The Morgan fingerprint density at radius 1 is 0.344 bits per heavy atom. The van der Waals surface area contributed by atoms with Gasteiger partial charge in [-0.1, -0.05) is 24.3 Å². The van der Waals surface area contributed by atoms with E-state index < -0.39 is 25.6 Å². The van der Waals surface area contributed by atoms with Gasteiger partial charge in [0.25, 0.3) is 23.6 Å². The van der Waals surface area contributed by atoms with Gasteiger partial charge in [-0.15, -0.1) is 22.7 Å². The first-order chi connectivity index (χ1) is 59.4. The molecule has 0 bridgehead atoms. The number of fused-ring (bicyclic) bond motifs is 2. The summed E-state index contributed by atoms with van der Waals surface area (Å²) in [5.74, 6) is 0.173. The van der Waals surface area contributed by atoms with Crippen LogP contribution < -0.4 is 62.1 Å². The lowest BCUT2D eigenvalue weighted by Crippen LogP contribution is -2.43. The summed E-state index contributed by atoms with van der Waals surface area (Å²) in [5, 5.41) is 25.7. The van der Waals surface area contributed by atoms with E-state index in [1.807, 2.05) is 72.2 Å². The molecule has 18 rings (SSSR count). The molecule has 0 saturated carbocycles. The van der Waals surface area contributed by atoms with E-state index in [-0.39, 0.29) is 50.4 Å². The molecule has 4 aliphatic heterocycles. The quantitative estimate of drug-likeness (QED) is 0.0397. The Kier molecular flexibility index (Phi) is 26.7. The molecule has 4 amide bonds. The second kappa shape index (κ2) is 39.1. The van der Waals surface area contributed by atoms with Crippen LogP contribution in [0.1, 0.15) is 42.0 Å². The molecule has 14 aromatic rings. The zero-order valence-electron chi connectivity index (χ0n) is 66.0. The Balaban J connectivity index is 0.000000126. The Labute approximate surface area is 709 Å². The fourth-order valence-corrected chi connectivity index (χ4v) is 16.4. The smallest absolute Gasteiger partial charge is 0.274 e. The lowest BCUT2D eigenvalue weighted by Gasteiger charge is -2.30. The predicted molar refractivity (Wildman–Crippen MR) is 472 cm³/mol. The minimum atomic E-state index is -3.37. The Bertz CT molecular complexity index is 6180. The molecule has 0 spiro atoms. The topological polar surface area (TPSA) is 426 Å². The molecular formula is C84H82N26O8S4. The standard InChI is InChI=1S/2C21H19N7OS.2C21H22N6O3S/c29-21(27-17-12-23-5-4-18(17)28-9-7-22-8-10-28)15-3-6-24-20(26-15)14-1-2-19-16(11-14)25-13-30-19;29-20(26-16-13-23-7-6-17(16)28-11-9-22-10-12-28)15-5-8-24-19(25-15)21-27-14-3-1-2-4-18(14)30-21;1-31(29,30)16-4-2-15(3-5-16)20-24-9-6-17(25-20)21(28)26-18-14-23-8-7-19(18)27-12-10-22-11-13-27;1-31(29,30)16-4-2-3-15(13-16)20-24-8-5-17(25-20)21(28)26-18-14-23-7-6-19(18)27-11-9-22-10-12-27/h1-6,11-13,22H,7-10H2,(H,27,29);1-8,13,22H,9-12H2,(H,26,29);2-9,14,22H,10-13H2,1H3,(H,26,28);2-8,13-14,22H,9-12H2,1H3,(H,26,28). The van der Waals surface area contributed by atoms with Crippen LogP contribution in [0.2, 0.25) is 0 Å². The van der Waals surface area contributed by atoms with E-state index in [9.17, 15) is 36.0 Å². The van der Waals surface area contributed by atoms with Crippen molar-refractivity contribution in [3.8, 4) is 45.0 Å². The number of aromatic nitrogens is 14. The fraction of sp³-hybridized carbons (Fsp3) is 0.214. The highest BCUT2D eigenvalue weighted by molar-refractivity contribution is 7.91. The summed E-state index contributed by atoms with van der Waals surface area (Å²) in [5.41, 5.74) is 12.8. The number of para-hydroxylation sites is 1. The summed E-state index contributed by atoms with van der Waals surface area (Å²) in [4.78, 5) is 121. The van der Waals surface area contributed by atoms with E-state index in [0.29, 0.717) is 62.1 Å². The van der Waals surface area contributed by atoms with E-state index >= 15 is 0 Å². The number of benzene rings is 4. The van der Waals surface area contributed by atoms with Crippen molar-refractivity contribution in [2.75, 3.05) is 158 Å². The third-order valence-electron chi connectivity index (χ3n) is 19.7. The Morgan fingerprint density at radius 2 is 0.713 bits per heavy atom. The van der Waals surface area contributed by atoms with Gasteiger partial charge in [0.15, 0.2) is 48.0 Å². The van der Waals surface area contributed by atoms with Crippen molar-refractivity contribution in [1.82, 2.24) is 91.0 Å². The van der Waals surface area contributed by atoms with Gasteiger partial charge in [0.1, 0.15) is 22.8 Å². The van der Waals surface area contributed by atoms with Gasteiger partial charge in [-0.25, -0.2) is 66.7 Å². The number of piperazine rings is 4. The third-order valence-corrected chi connectivity index (χ3v) is 23.8. The molecule has 620 valence electrons. The first-order valence-electron chi connectivity index (χ1n) is 38.9. The second-order valence-corrected chi connectivity index (χ2v) is 34.0. The van der Waals surface area contributed by atoms with Crippen molar-refractivity contribution >= 4 is 132 Å². The van der Waals surface area contributed by atoms with Crippen LogP contribution in [0.5, 0.6) is 0 Å². The number of amides is 4. The van der Waals surface area contributed by atoms with Gasteiger partial charge < -0.3 is 62.1 Å². The molecule has 38 heteroatoms. The molecule has 34 nitrogen and oxygen atoms in total. The van der Waals surface area contributed by atoms with Crippen LogP contribution in [0.15, 0.2) is 229 Å². The summed E-state index contributed by atoms with van der Waals surface area (Å²) >= 11 is 3.09. The summed E-state index contributed by atoms with van der Waals surface area (Å²) in [7, 11) is -6.66. The molecule has 0 unspecified atom stereocenters. The van der Waals surface area contributed by atoms with Gasteiger partial charge >= 0.3 is 0 Å². The van der Waals surface area contributed by atoms with E-state index in [1.54, 1.807) is 110 Å². The molecule has 4 aromatic carbocycles. The lowest BCUT2D eigenvalue weighted by atomic mass is 10.2. The average molecular weight is 1710 g/mol. The number of rotatable bonds is 18. The van der Waals surface area contributed by atoms with Gasteiger partial charge in [-0.3, -0.25) is 39.1 Å². The highest BCUT2D eigenvalue weighted by Gasteiger charge is 2.25. The molecule has 0 radical (unpaired) electrons. The maximum absolute atomic E-state index is 12.9. The number of hydrogen-bond donors (Lipinski definition) is 8. The molecule has 0 aliphatic carbocycles. The van der Waals surface area contributed by atoms with Crippen molar-refractivity contribution < 1.29 is 36.0 Å². The number of sulfone groups is 2. The highest BCUT2D eigenvalue weighted by atomic mass is 32.2. The number of nitrogens with zero attached hydrogens (tertiary/aromatic N) is 18. The van der Waals surface area contributed by atoms with Crippen LogP contribution in [0.4, 0.5) is 45.5 Å². The number of anilines is 8. The van der Waals surface area contributed by atoms with Crippen LogP contribution in [0.3, 0.4) is 0 Å². The lowest BCUT2D eigenvalue weighted by molar-refractivity contribution is 0.101. The predicted octanol–water partition coefficient (Wildman–Crippen LogP) is 8.83. The maximum atomic E-state index is 12.9. The number of thiazole rings is 2. The van der Waals surface area contributed by atoms with Crippen LogP contribution in [0.25, 0.3) is 65.4 Å². The maximum Gasteiger partial charge on any atom is 0.274 e. The summed E-state index contributed by atoms with van der Waals surface area (Å²) in [6.45, 7) is 14.0. The first kappa shape index (κ1) is 83.5. The van der Waals surface area contributed by atoms with Crippen LogP contribution >= 0.6 is 22.7 Å².